The third kappa shape index (κ3) is 2.19. The zero-order valence-corrected chi connectivity index (χ0v) is 7.61. The molecule has 11 heavy (non-hydrogen) atoms. The quantitative estimate of drug-likeness (QED) is 0.590. The minimum absolute atomic E-state index is 0.299. The monoisotopic (exact) mass is 171 g/mol. The van der Waals surface area contributed by atoms with Gasteiger partial charge in [0, 0.05) is 18.5 Å². The molecular weight excluding hydrogens is 158 g/mol. The van der Waals surface area contributed by atoms with Gasteiger partial charge in [0.25, 0.3) is 0 Å². The van der Waals surface area contributed by atoms with Gasteiger partial charge >= 0.3 is 0 Å². The van der Waals surface area contributed by atoms with Crippen molar-refractivity contribution in [2.45, 2.75) is 26.3 Å². The predicted octanol–water partition coefficient (Wildman–Crippen LogP) is 1.77. The molecule has 62 valence electrons. The fourth-order valence-corrected chi connectivity index (χ4v) is 1.40. The lowest BCUT2D eigenvalue weighted by Gasteiger charge is -2.26. The van der Waals surface area contributed by atoms with Crippen molar-refractivity contribution in [3.05, 3.63) is 11.8 Å². The first kappa shape index (κ1) is 8.53. The van der Waals surface area contributed by atoms with Gasteiger partial charge in [0.2, 0.25) is 0 Å². The van der Waals surface area contributed by atoms with Crippen molar-refractivity contribution in [2.24, 2.45) is 5.92 Å². The highest BCUT2D eigenvalue weighted by Crippen LogP contribution is 2.14. The normalized spacial score (nSPS) is 24.8. The zero-order valence-electron chi connectivity index (χ0n) is 6.79. The maximum atomic E-state index is 9.23. The lowest BCUT2D eigenvalue weighted by atomic mass is 9.98. The van der Waals surface area contributed by atoms with Crippen molar-refractivity contribution in [1.82, 2.24) is 5.32 Å². The van der Waals surface area contributed by atoms with Gasteiger partial charge in [-0.25, -0.2) is 0 Å². The van der Waals surface area contributed by atoms with Crippen LogP contribution in [-0.4, -0.2) is 16.1 Å². The summed E-state index contributed by atoms with van der Waals surface area (Å²) in [7, 11) is 0. The lowest BCUT2D eigenvalue weighted by Crippen LogP contribution is -2.40. The Morgan fingerprint density at radius 3 is 2.82 bits per heavy atom. The molecule has 0 saturated heterocycles. The van der Waals surface area contributed by atoms with Crippen LogP contribution in [0, 0.1) is 5.92 Å². The van der Waals surface area contributed by atoms with Crippen molar-refractivity contribution >= 4 is 17.2 Å². The number of hydrogen-bond acceptors (Lipinski definition) is 2. The molecule has 0 saturated carbocycles. The van der Waals surface area contributed by atoms with Crippen LogP contribution in [0.5, 0.6) is 0 Å². The SMILES string of the molecule is CC(C)[C@H]1CC(O)=CC(=S)N1. The van der Waals surface area contributed by atoms with E-state index in [9.17, 15) is 5.11 Å². The van der Waals surface area contributed by atoms with Crippen LogP contribution >= 0.6 is 12.2 Å². The second-order valence-corrected chi connectivity index (χ2v) is 3.64. The van der Waals surface area contributed by atoms with Crippen molar-refractivity contribution in [3.8, 4) is 0 Å². The molecule has 0 bridgehead atoms. The molecule has 1 aliphatic heterocycles. The molecule has 0 radical (unpaired) electrons. The van der Waals surface area contributed by atoms with E-state index < -0.39 is 0 Å². The Bertz CT molecular complexity index is 198. The Kier molecular flexibility index (Phi) is 2.49. The Labute approximate surface area is 72.3 Å². The molecule has 2 N–H and O–H groups in total. The summed E-state index contributed by atoms with van der Waals surface area (Å²) in [6, 6.07) is 0.299. The summed E-state index contributed by atoms with van der Waals surface area (Å²) >= 11 is 4.93. The molecule has 2 nitrogen and oxygen atoms in total. The first-order chi connectivity index (χ1) is 5.09. The van der Waals surface area contributed by atoms with Gasteiger partial charge in [-0.3, -0.25) is 0 Å². The van der Waals surface area contributed by atoms with Gasteiger partial charge in [0.05, 0.1) is 5.76 Å². The molecule has 1 atom stereocenters. The summed E-state index contributed by atoms with van der Waals surface area (Å²) in [6.45, 7) is 4.22. The largest absolute Gasteiger partial charge is 0.512 e. The van der Waals surface area contributed by atoms with E-state index in [1.165, 1.54) is 0 Å². The third-order valence-corrected chi connectivity index (χ3v) is 2.09. The van der Waals surface area contributed by atoms with Crippen LogP contribution in [-0.2, 0) is 0 Å². The number of thiocarbonyl (C=S) groups is 1. The molecule has 0 spiro atoms. The van der Waals surface area contributed by atoms with Crippen LogP contribution in [0.3, 0.4) is 0 Å². The van der Waals surface area contributed by atoms with Gasteiger partial charge < -0.3 is 10.4 Å². The smallest absolute Gasteiger partial charge is 0.102 e. The average Bonchev–Trinajstić information content (AvgIpc) is 1.85. The second-order valence-electron chi connectivity index (χ2n) is 3.20. The minimum atomic E-state index is 0.299. The van der Waals surface area contributed by atoms with Crippen molar-refractivity contribution in [2.75, 3.05) is 0 Å². The molecule has 0 aromatic heterocycles. The number of aliphatic hydroxyl groups is 1. The van der Waals surface area contributed by atoms with E-state index in [1.54, 1.807) is 6.08 Å². The van der Waals surface area contributed by atoms with Gasteiger partial charge in [0.15, 0.2) is 0 Å². The fourth-order valence-electron chi connectivity index (χ4n) is 1.11. The van der Waals surface area contributed by atoms with Crippen LogP contribution in [0.2, 0.25) is 0 Å². The van der Waals surface area contributed by atoms with Crippen LogP contribution < -0.4 is 5.32 Å². The van der Waals surface area contributed by atoms with Gasteiger partial charge in [-0.2, -0.15) is 0 Å². The first-order valence-electron chi connectivity index (χ1n) is 3.79. The van der Waals surface area contributed by atoms with E-state index in [2.05, 4.69) is 19.2 Å². The predicted molar refractivity (Wildman–Crippen MR) is 49.7 cm³/mol. The Morgan fingerprint density at radius 2 is 2.36 bits per heavy atom. The van der Waals surface area contributed by atoms with E-state index in [4.69, 9.17) is 12.2 Å². The highest BCUT2D eigenvalue weighted by atomic mass is 32.1. The van der Waals surface area contributed by atoms with Gasteiger partial charge in [0.1, 0.15) is 4.99 Å². The number of nitrogens with one attached hydrogen (secondary N) is 1. The molecule has 1 aliphatic rings. The highest BCUT2D eigenvalue weighted by Gasteiger charge is 2.19. The van der Waals surface area contributed by atoms with Gasteiger partial charge in [-0.1, -0.05) is 26.1 Å². The van der Waals surface area contributed by atoms with Crippen molar-refractivity contribution in [3.63, 3.8) is 0 Å². The summed E-state index contributed by atoms with van der Waals surface area (Å²) in [6.07, 6.45) is 2.30. The van der Waals surface area contributed by atoms with E-state index in [-0.39, 0.29) is 0 Å². The average molecular weight is 171 g/mol. The number of rotatable bonds is 1. The number of aliphatic hydroxyl groups excluding tert-OH is 1. The highest BCUT2D eigenvalue weighted by molar-refractivity contribution is 7.80. The standard InChI is InChI=1S/C8H13NOS/c1-5(2)7-3-6(10)4-8(11)9-7/h4-5,7,10H,3H2,1-2H3,(H,9,11)/t7-/m1/s1. The summed E-state index contributed by atoms with van der Waals surface area (Å²) < 4.78 is 0. The Balaban J connectivity index is 2.64. The van der Waals surface area contributed by atoms with Crippen LogP contribution in [0.4, 0.5) is 0 Å². The summed E-state index contributed by atoms with van der Waals surface area (Å²) in [4.78, 5) is 0.646. The summed E-state index contributed by atoms with van der Waals surface area (Å²) in [5.74, 6) is 0.899. The Hall–Kier alpha value is -0.570. The fraction of sp³-hybridized carbons (Fsp3) is 0.625. The molecule has 0 fully saturated rings. The first-order valence-corrected chi connectivity index (χ1v) is 4.20. The van der Waals surface area contributed by atoms with E-state index in [0.29, 0.717) is 29.1 Å². The van der Waals surface area contributed by atoms with Gasteiger partial charge in [-0.15, -0.1) is 0 Å². The molecule has 1 rings (SSSR count). The van der Waals surface area contributed by atoms with Crippen molar-refractivity contribution < 1.29 is 5.11 Å². The molecule has 0 unspecified atom stereocenters. The Morgan fingerprint density at radius 1 is 1.73 bits per heavy atom. The maximum Gasteiger partial charge on any atom is 0.102 e. The molecule has 1 heterocycles. The van der Waals surface area contributed by atoms with E-state index >= 15 is 0 Å². The topological polar surface area (TPSA) is 32.3 Å². The molecule has 0 amide bonds. The number of hydrogen-bond donors (Lipinski definition) is 2. The molecule has 0 aliphatic carbocycles. The maximum absolute atomic E-state index is 9.23. The third-order valence-electron chi connectivity index (χ3n) is 1.86. The van der Waals surface area contributed by atoms with Crippen LogP contribution in [0.15, 0.2) is 11.8 Å². The second kappa shape index (κ2) is 3.22. The van der Waals surface area contributed by atoms with Crippen LogP contribution in [0.1, 0.15) is 20.3 Å². The van der Waals surface area contributed by atoms with Crippen LogP contribution in [0.25, 0.3) is 0 Å². The minimum Gasteiger partial charge on any atom is -0.512 e. The summed E-state index contributed by atoms with van der Waals surface area (Å²) in [5.41, 5.74) is 0. The molecule has 0 aromatic rings. The van der Waals surface area contributed by atoms with Gasteiger partial charge in [-0.05, 0) is 5.92 Å². The van der Waals surface area contributed by atoms with E-state index in [1.807, 2.05) is 0 Å². The molecular formula is C8H13NOS. The summed E-state index contributed by atoms with van der Waals surface area (Å²) in [5, 5.41) is 12.4. The molecule has 0 aromatic carbocycles. The molecule has 3 heteroatoms. The van der Waals surface area contributed by atoms with E-state index in [0.717, 1.165) is 0 Å². The van der Waals surface area contributed by atoms with Crippen molar-refractivity contribution in [1.29, 1.82) is 0 Å². The zero-order chi connectivity index (χ0) is 8.43. The lowest BCUT2D eigenvalue weighted by molar-refractivity contribution is 0.333.